The maximum absolute atomic E-state index is 13.1. The van der Waals surface area contributed by atoms with Crippen LogP contribution in [0.4, 0.5) is 11.4 Å². The van der Waals surface area contributed by atoms with Gasteiger partial charge in [0.2, 0.25) is 0 Å². The van der Waals surface area contributed by atoms with Crippen LogP contribution in [0, 0.1) is 13.8 Å². The van der Waals surface area contributed by atoms with Crippen LogP contribution in [0.25, 0.3) is 0 Å². The summed E-state index contributed by atoms with van der Waals surface area (Å²) in [6.45, 7) is 3.78. The van der Waals surface area contributed by atoms with Crippen molar-refractivity contribution < 1.29 is 32.2 Å². The van der Waals surface area contributed by atoms with Crippen LogP contribution < -0.4 is 19.5 Å². The first-order chi connectivity index (χ1) is 17.0. The van der Waals surface area contributed by atoms with Gasteiger partial charge in [0.15, 0.2) is 11.5 Å². The largest absolute Gasteiger partial charge is 0.493 e. The molecule has 0 aliphatic rings. The highest BCUT2D eigenvalue weighted by Crippen LogP contribution is 2.34. The fourth-order valence-corrected chi connectivity index (χ4v) is 4.90. The Morgan fingerprint density at radius 2 is 1.53 bits per heavy atom. The van der Waals surface area contributed by atoms with Gasteiger partial charge in [-0.2, -0.15) is 0 Å². The molecule has 11 heteroatoms. The number of esters is 1. The first-order valence-electron chi connectivity index (χ1n) is 10.6. The molecule has 0 saturated carbocycles. The van der Waals surface area contributed by atoms with Crippen LogP contribution in [0.5, 0.6) is 11.5 Å². The van der Waals surface area contributed by atoms with E-state index in [-0.39, 0.29) is 38.2 Å². The molecular formula is C25H25ClN2O7S. The molecule has 0 aliphatic heterocycles. The lowest BCUT2D eigenvalue weighted by Gasteiger charge is -2.15. The third kappa shape index (κ3) is 5.72. The number of carbonyl (C=O) groups is 2. The molecule has 1 amide bonds. The van der Waals surface area contributed by atoms with E-state index in [4.69, 9.17) is 25.8 Å². The molecule has 3 rings (SSSR count). The Kier molecular flexibility index (Phi) is 8.11. The highest BCUT2D eigenvalue weighted by molar-refractivity contribution is 7.92. The van der Waals surface area contributed by atoms with Crippen LogP contribution in [0.1, 0.15) is 31.8 Å². The fraction of sp³-hybridized carbons (Fsp3) is 0.200. The molecule has 36 heavy (non-hydrogen) atoms. The van der Waals surface area contributed by atoms with E-state index in [1.807, 2.05) is 13.8 Å². The normalized spacial score (nSPS) is 10.9. The fourth-order valence-electron chi connectivity index (χ4n) is 3.32. The van der Waals surface area contributed by atoms with Gasteiger partial charge < -0.3 is 19.5 Å². The van der Waals surface area contributed by atoms with Gasteiger partial charge in [-0.25, -0.2) is 13.2 Å². The molecule has 0 heterocycles. The standard InChI is InChI=1S/C25H25ClN2O7S/c1-14-6-8-17(10-15(14)2)28-36(31,32)23-11-16(7-9-19(23)26)24(29)27-20-13-22(34-4)21(33-3)12-18(20)25(30)35-5/h6-13,28H,1-5H3,(H,27,29). The van der Waals surface area contributed by atoms with E-state index in [1.165, 1.54) is 45.6 Å². The number of halogens is 1. The van der Waals surface area contributed by atoms with Gasteiger partial charge in [0.05, 0.1) is 37.6 Å². The molecule has 0 saturated heterocycles. The second kappa shape index (κ2) is 10.9. The van der Waals surface area contributed by atoms with Crippen molar-refractivity contribution in [2.45, 2.75) is 18.7 Å². The van der Waals surface area contributed by atoms with E-state index in [9.17, 15) is 18.0 Å². The van der Waals surface area contributed by atoms with Crippen LogP contribution >= 0.6 is 11.6 Å². The van der Waals surface area contributed by atoms with Crippen molar-refractivity contribution in [1.82, 2.24) is 0 Å². The number of aryl methyl sites for hydroxylation is 2. The lowest BCUT2D eigenvalue weighted by atomic mass is 10.1. The van der Waals surface area contributed by atoms with Crippen LogP contribution in [-0.4, -0.2) is 41.6 Å². The van der Waals surface area contributed by atoms with Crippen molar-refractivity contribution in [3.8, 4) is 11.5 Å². The first-order valence-corrected chi connectivity index (χ1v) is 12.4. The zero-order chi connectivity index (χ0) is 26.6. The number of nitrogens with one attached hydrogen (secondary N) is 2. The quantitative estimate of drug-likeness (QED) is 0.399. The second-order valence-electron chi connectivity index (χ2n) is 7.75. The van der Waals surface area contributed by atoms with E-state index in [2.05, 4.69) is 10.0 Å². The van der Waals surface area contributed by atoms with Crippen molar-refractivity contribution in [2.24, 2.45) is 0 Å². The first kappa shape index (κ1) is 26.8. The summed E-state index contributed by atoms with van der Waals surface area (Å²) in [5.74, 6) is -0.888. The number of hydrogen-bond acceptors (Lipinski definition) is 7. The van der Waals surface area contributed by atoms with Crippen LogP contribution in [0.2, 0.25) is 5.02 Å². The smallest absolute Gasteiger partial charge is 0.340 e. The number of sulfonamides is 1. The number of amides is 1. The SMILES string of the molecule is COC(=O)c1cc(OC)c(OC)cc1NC(=O)c1ccc(Cl)c(S(=O)(=O)Nc2ccc(C)c(C)c2)c1. The number of benzene rings is 3. The number of hydrogen-bond donors (Lipinski definition) is 2. The molecule has 0 spiro atoms. The van der Waals surface area contributed by atoms with Gasteiger partial charge in [-0.3, -0.25) is 9.52 Å². The molecule has 0 bridgehead atoms. The van der Waals surface area contributed by atoms with Gasteiger partial charge in [0.1, 0.15) is 4.90 Å². The molecule has 0 aromatic heterocycles. The molecule has 0 radical (unpaired) electrons. The molecule has 0 fully saturated rings. The topological polar surface area (TPSA) is 120 Å². The zero-order valence-corrected chi connectivity index (χ0v) is 21.8. The Bertz CT molecular complexity index is 1440. The van der Waals surface area contributed by atoms with Crippen LogP contribution in [-0.2, 0) is 14.8 Å². The summed E-state index contributed by atoms with van der Waals surface area (Å²) in [6, 6.07) is 11.7. The van der Waals surface area contributed by atoms with Gasteiger partial charge in [-0.05, 0) is 55.3 Å². The summed E-state index contributed by atoms with van der Waals surface area (Å²) in [5, 5.41) is 2.53. The summed E-state index contributed by atoms with van der Waals surface area (Å²) >= 11 is 6.18. The molecular weight excluding hydrogens is 508 g/mol. The molecule has 0 aliphatic carbocycles. The summed E-state index contributed by atoms with van der Waals surface area (Å²) in [6.07, 6.45) is 0. The van der Waals surface area contributed by atoms with E-state index in [0.29, 0.717) is 5.69 Å². The molecule has 2 N–H and O–H groups in total. The molecule has 3 aromatic carbocycles. The van der Waals surface area contributed by atoms with E-state index in [0.717, 1.165) is 17.2 Å². The zero-order valence-electron chi connectivity index (χ0n) is 20.3. The third-order valence-electron chi connectivity index (χ3n) is 5.42. The highest BCUT2D eigenvalue weighted by atomic mass is 35.5. The predicted octanol–water partition coefficient (Wildman–Crippen LogP) is 4.81. The number of ether oxygens (including phenoxy) is 3. The average molecular weight is 533 g/mol. The molecule has 3 aromatic rings. The van der Waals surface area contributed by atoms with E-state index >= 15 is 0 Å². The van der Waals surface area contributed by atoms with E-state index < -0.39 is 21.9 Å². The van der Waals surface area contributed by atoms with Gasteiger partial charge in [0, 0.05) is 23.4 Å². The monoisotopic (exact) mass is 532 g/mol. The Balaban J connectivity index is 1.97. The molecule has 9 nitrogen and oxygen atoms in total. The van der Waals surface area contributed by atoms with Gasteiger partial charge in [-0.15, -0.1) is 0 Å². The lowest BCUT2D eigenvalue weighted by Crippen LogP contribution is -2.18. The minimum Gasteiger partial charge on any atom is -0.493 e. The third-order valence-corrected chi connectivity index (χ3v) is 7.28. The van der Waals surface area contributed by atoms with E-state index in [1.54, 1.807) is 18.2 Å². The average Bonchev–Trinajstić information content (AvgIpc) is 2.85. The molecule has 0 unspecified atom stereocenters. The van der Waals surface area contributed by atoms with Crippen LogP contribution in [0.3, 0.4) is 0 Å². The van der Waals surface area contributed by atoms with Gasteiger partial charge in [0.25, 0.3) is 15.9 Å². The summed E-state index contributed by atoms with van der Waals surface area (Å²) in [7, 11) is -0.118. The Morgan fingerprint density at radius 1 is 0.861 bits per heavy atom. The highest BCUT2D eigenvalue weighted by Gasteiger charge is 2.23. The van der Waals surface area contributed by atoms with Crippen molar-refractivity contribution in [2.75, 3.05) is 31.4 Å². The number of anilines is 2. The minimum absolute atomic E-state index is 0.00883. The van der Waals surface area contributed by atoms with Crippen molar-refractivity contribution in [3.63, 3.8) is 0 Å². The number of rotatable bonds is 8. The Labute approximate surface area is 214 Å². The maximum Gasteiger partial charge on any atom is 0.340 e. The minimum atomic E-state index is -4.12. The number of carbonyl (C=O) groups excluding carboxylic acids is 2. The maximum atomic E-state index is 13.1. The Hall–Kier alpha value is -3.76. The number of methoxy groups -OCH3 is 3. The van der Waals surface area contributed by atoms with Gasteiger partial charge in [-0.1, -0.05) is 17.7 Å². The van der Waals surface area contributed by atoms with Crippen molar-refractivity contribution in [3.05, 3.63) is 75.8 Å². The molecule has 190 valence electrons. The summed E-state index contributed by atoms with van der Waals surface area (Å²) < 4.78 is 43.9. The Morgan fingerprint density at radius 3 is 2.14 bits per heavy atom. The molecule has 0 atom stereocenters. The summed E-state index contributed by atoms with van der Waals surface area (Å²) in [4.78, 5) is 25.1. The van der Waals surface area contributed by atoms with Crippen molar-refractivity contribution in [1.29, 1.82) is 0 Å². The predicted molar refractivity (Wildman–Crippen MR) is 137 cm³/mol. The lowest BCUT2D eigenvalue weighted by molar-refractivity contribution is 0.0601. The summed E-state index contributed by atoms with van der Waals surface area (Å²) in [5.41, 5.74) is 2.36. The van der Waals surface area contributed by atoms with Gasteiger partial charge >= 0.3 is 5.97 Å². The second-order valence-corrected chi connectivity index (χ2v) is 9.81. The van der Waals surface area contributed by atoms with Crippen molar-refractivity contribution >= 4 is 44.9 Å². The van der Waals surface area contributed by atoms with Crippen LogP contribution in [0.15, 0.2) is 53.4 Å².